The molecule has 1 atom stereocenters. The summed E-state index contributed by atoms with van der Waals surface area (Å²) in [4.78, 5) is 31.5. The standard InChI is InChI=1S/C25H30F3N3O4S/c1-3-30(4-2)24(33)22-18-29(15-16-36(34,35)21-11-6-5-7-12-21)13-14-31(22)23(32)19-9-8-10-20(17-19)25(26,27)28/h5-12,17,22H,3-4,13-16,18H2,1-2H3. The Bertz CT molecular complexity index is 1170. The zero-order valence-corrected chi connectivity index (χ0v) is 21.1. The Morgan fingerprint density at radius 2 is 1.67 bits per heavy atom. The molecule has 0 radical (unpaired) electrons. The number of alkyl halides is 3. The van der Waals surface area contributed by atoms with Gasteiger partial charge in [-0.25, -0.2) is 8.42 Å². The van der Waals surface area contributed by atoms with Gasteiger partial charge in [0, 0.05) is 44.8 Å². The maximum atomic E-state index is 13.3. The van der Waals surface area contributed by atoms with Gasteiger partial charge >= 0.3 is 6.18 Å². The summed E-state index contributed by atoms with van der Waals surface area (Å²) in [6.45, 7) is 5.02. The molecular formula is C25H30F3N3O4S. The minimum absolute atomic E-state index is 0.0815. The van der Waals surface area contributed by atoms with Gasteiger partial charge < -0.3 is 9.80 Å². The van der Waals surface area contributed by atoms with Gasteiger partial charge in [-0.2, -0.15) is 13.2 Å². The van der Waals surface area contributed by atoms with E-state index in [2.05, 4.69) is 0 Å². The van der Waals surface area contributed by atoms with E-state index in [0.29, 0.717) is 13.1 Å². The molecule has 0 aliphatic carbocycles. The molecular weight excluding hydrogens is 495 g/mol. The van der Waals surface area contributed by atoms with Crippen LogP contribution in [0.25, 0.3) is 0 Å². The van der Waals surface area contributed by atoms with Crippen molar-refractivity contribution in [1.29, 1.82) is 0 Å². The summed E-state index contributed by atoms with van der Waals surface area (Å²) < 4.78 is 65.0. The average molecular weight is 526 g/mol. The molecule has 0 bridgehead atoms. The maximum absolute atomic E-state index is 13.3. The summed E-state index contributed by atoms with van der Waals surface area (Å²) in [7, 11) is -3.54. The van der Waals surface area contributed by atoms with Gasteiger partial charge in [-0.15, -0.1) is 0 Å². The maximum Gasteiger partial charge on any atom is 0.416 e. The van der Waals surface area contributed by atoms with E-state index in [0.717, 1.165) is 12.1 Å². The van der Waals surface area contributed by atoms with Crippen LogP contribution in [-0.4, -0.2) is 86.0 Å². The fourth-order valence-corrected chi connectivity index (χ4v) is 5.54. The Hall–Kier alpha value is -2.92. The van der Waals surface area contributed by atoms with Crippen LogP contribution in [0.15, 0.2) is 59.5 Å². The Balaban J connectivity index is 1.81. The molecule has 196 valence electrons. The van der Waals surface area contributed by atoms with E-state index in [1.165, 1.54) is 29.2 Å². The number of hydrogen-bond donors (Lipinski definition) is 0. The topological polar surface area (TPSA) is 78.0 Å². The molecule has 36 heavy (non-hydrogen) atoms. The third-order valence-corrected chi connectivity index (χ3v) is 8.01. The number of benzene rings is 2. The van der Waals surface area contributed by atoms with Gasteiger partial charge in [0.25, 0.3) is 5.91 Å². The number of sulfone groups is 1. The number of rotatable bonds is 8. The zero-order valence-electron chi connectivity index (χ0n) is 20.2. The predicted octanol–water partition coefficient (Wildman–Crippen LogP) is 3.17. The van der Waals surface area contributed by atoms with E-state index >= 15 is 0 Å². The van der Waals surface area contributed by atoms with Crippen LogP contribution in [0.4, 0.5) is 13.2 Å². The second kappa shape index (κ2) is 11.4. The van der Waals surface area contributed by atoms with Crippen LogP contribution >= 0.6 is 0 Å². The number of halogens is 3. The summed E-state index contributed by atoms with van der Waals surface area (Å²) in [5.41, 5.74) is -1.09. The van der Waals surface area contributed by atoms with E-state index in [1.54, 1.807) is 36.9 Å². The smallest absolute Gasteiger partial charge is 0.341 e. The highest BCUT2D eigenvalue weighted by molar-refractivity contribution is 7.91. The zero-order chi connectivity index (χ0) is 26.5. The fraction of sp³-hybridized carbons (Fsp3) is 0.440. The summed E-state index contributed by atoms with van der Waals surface area (Å²) in [6, 6.07) is 11.3. The number of hydrogen-bond acceptors (Lipinski definition) is 5. The molecule has 1 heterocycles. The second-order valence-corrected chi connectivity index (χ2v) is 10.6. The number of nitrogens with zero attached hydrogens (tertiary/aromatic N) is 3. The summed E-state index contributed by atoms with van der Waals surface area (Å²) in [6.07, 6.45) is -4.60. The van der Waals surface area contributed by atoms with Crippen LogP contribution < -0.4 is 0 Å². The van der Waals surface area contributed by atoms with Crippen LogP contribution in [-0.2, 0) is 20.8 Å². The van der Waals surface area contributed by atoms with Crippen LogP contribution in [0.3, 0.4) is 0 Å². The van der Waals surface area contributed by atoms with Gasteiger partial charge in [-0.1, -0.05) is 24.3 Å². The van der Waals surface area contributed by atoms with Crippen molar-refractivity contribution in [3.05, 3.63) is 65.7 Å². The molecule has 11 heteroatoms. The average Bonchev–Trinajstić information content (AvgIpc) is 2.87. The van der Waals surface area contributed by atoms with Gasteiger partial charge in [0.15, 0.2) is 9.84 Å². The van der Waals surface area contributed by atoms with Crippen molar-refractivity contribution in [2.45, 2.75) is 31.0 Å². The lowest BCUT2D eigenvalue weighted by Crippen LogP contribution is -2.61. The van der Waals surface area contributed by atoms with Crippen molar-refractivity contribution in [2.24, 2.45) is 0 Å². The Labute approximate surface area is 209 Å². The Kier molecular flexibility index (Phi) is 8.78. The number of amides is 2. The molecule has 0 saturated carbocycles. The number of carbonyl (C=O) groups excluding carboxylic acids is 2. The fourth-order valence-electron chi connectivity index (χ4n) is 4.23. The predicted molar refractivity (Wildman–Crippen MR) is 129 cm³/mol. The highest BCUT2D eigenvalue weighted by atomic mass is 32.2. The van der Waals surface area contributed by atoms with E-state index in [-0.39, 0.29) is 48.3 Å². The summed E-state index contributed by atoms with van der Waals surface area (Å²) in [5, 5.41) is 0. The molecule has 0 N–H and O–H groups in total. The van der Waals surface area contributed by atoms with E-state index in [9.17, 15) is 31.2 Å². The Morgan fingerprint density at radius 3 is 2.28 bits per heavy atom. The third-order valence-electron chi connectivity index (χ3n) is 6.30. The van der Waals surface area contributed by atoms with Crippen molar-refractivity contribution in [2.75, 3.05) is 45.0 Å². The second-order valence-electron chi connectivity index (χ2n) is 8.54. The van der Waals surface area contributed by atoms with Crippen LogP contribution in [0, 0.1) is 0 Å². The van der Waals surface area contributed by atoms with Crippen LogP contribution in [0.1, 0.15) is 29.8 Å². The highest BCUT2D eigenvalue weighted by Gasteiger charge is 2.38. The molecule has 1 fully saturated rings. The lowest BCUT2D eigenvalue weighted by molar-refractivity contribution is -0.138. The van der Waals surface area contributed by atoms with Crippen molar-refractivity contribution in [3.8, 4) is 0 Å². The number of carbonyl (C=O) groups is 2. The molecule has 7 nitrogen and oxygen atoms in total. The summed E-state index contributed by atoms with van der Waals surface area (Å²) >= 11 is 0. The molecule has 3 rings (SSSR count). The number of likely N-dealkylation sites (N-methyl/N-ethyl adjacent to an activating group) is 1. The van der Waals surface area contributed by atoms with E-state index in [1.807, 2.05) is 4.90 Å². The van der Waals surface area contributed by atoms with Crippen molar-refractivity contribution >= 4 is 21.7 Å². The van der Waals surface area contributed by atoms with Crippen molar-refractivity contribution in [3.63, 3.8) is 0 Å². The van der Waals surface area contributed by atoms with Gasteiger partial charge in [-0.3, -0.25) is 14.5 Å². The van der Waals surface area contributed by atoms with Crippen LogP contribution in [0.2, 0.25) is 0 Å². The molecule has 2 amide bonds. The minimum Gasteiger partial charge on any atom is -0.341 e. The lowest BCUT2D eigenvalue weighted by Gasteiger charge is -2.42. The minimum atomic E-state index is -4.60. The van der Waals surface area contributed by atoms with Crippen molar-refractivity contribution < 1.29 is 31.2 Å². The van der Waals surface area contributed by atoms with Gasteiger partial charge in [0.1, 0.15) is 6.04 Å². The van der Waals surface area contributed by atoms with Crippen LogP contribution in [0.5, 0.6) is 0 Å². The largest absolute Gasteiger partial charge is 0.416 e. The first-order valence-corrected chi connectivity index (χ1v) is 13.4. The molecule has 1 unspecified atom stereocenters. The lowest BCUT2D eigenvalue weighted by atomic mass is 10.1. The monoisotopic (exact) mass is 525 g/mol. The molecule has 2 aromatic carbocycles. The number of piperazine rings is 1. The first-order valence-electron chi connectivity index (χ1n) is 11.7. The third kappa shape index (κ3) is 6.44. The van der Waals surface area contributed by atoms with Gasteiger partial charge in [0.2, 0.25) is 5.91 Å². The summed E-state index contributed by atoms with van der Waals surface area (Å²) in [5.74, 6) is -1.15. The molecule has 1 saturated heterocycles. The van der Waals surface area contributed by atoms with E-state index in [4.69, 9.17) is 0 Å². The molecule has 2 aromatic rings. The first kappa shape index (κ1) is 27.7. The molecule has 1 aliphatic heterocycles. The highest BCUT2D eigenvalue weighted by Crippen LogP contribution is 2.30. The van der Waals surface area contributed by atoms with Gasteiger partial charge in [-0.05, 0) is 44.2 Å². The quantitative estimate of drug-likeness (QED) is 0.529. The van der Waals surface area contributed by atoms with E-state index < -0.39 is 33.5 Å². The molecule has 1 aliphatic rings. The first-order chi connectivity index (χ1) is 17.0. The van der Waals surface area contributed by atoms with Crippen molar-refractivity contribution in [1.82, 2.24) is 14.7 Å². The molecule has 0 aromatic heterocycles. The molecule has 0 spiro atoms. The Morgan fingerprint density at radius 1 is 1.00 bits per heavy atom. The van der Waals surface area contributed by atoms with Gasteiger partial charge in [0.05, 0.1) is 16.2 Å². The SMILES string of the molecule is CCN(CC)C(=O)C1CN(CCS(=O)(=O)c2ccccc2)CCN1C(=O)c1cccc(C(F)(F)F)c1. The normalized spacial score (nSPS) is 17.1.